The maximum atomic E-state index is 12.4. The van der Waals surface area contributed by atoms with Crippen molar-refractivity contribution < 1.29 is 4.79 Å². The number of aryl methyl sites for hydroxylation is 1. The first-order valence-corrected chi connectivity index (χ1v) is 8.99. The second-order valence-corrected chi connectivity index (χ2v) is 8.27. The fraction of sp³-hybridized carbons (Fsp3) is 0.588. The largest absolute Gasteiger partial charge is 0.355 e. The average Bonchev–Trinajstić information content (AvgIpc) is 3.11. The Morgan fingerprint density at radius 2 is 2.22 bits per heavy atom. The zero-order valence-corrected chi connectivity index (χ0v) is 15.0. The Morgan fingerprint density at radius 1 is 1.43 bits per heavy atom. The van der Waals surface area contributed by atoms with Gasteiger partial charge in [-0.1, -0.05) is 6.92 Å². The lowest BCUT2D eigenvalue weighted by Crippen LogP contribution is -2.44. The molecule has 0 spiro atoms. The van der Waals surface area contributed by atoms with Gasteiger partial charge in [0.05, 0.1) is 11.3 Å². The number of rotatable bonds is 3. The van der Waals surface area contributed by atoms with Gasteiger partial charge in [0, 0.05) is 23.5 Å². The van der Waals surface area contributed by atoms with Gasteiger partial charge < -0.3 is 10.2 Å². The molecule has 1 atom stereocenters. The third-order valence-electron chi connectivity index (χ3n) is 4.06. The predicted molar refractivity (Wildman–Crippen MR) is 95.0 cm³/mol. The van der Waals surface area contributed by atoms with E-state index in [0.29, 0.717) is 0 Å². The first-order valence-electron chi connectivity index (χ1n) is 8.18. The molecular formula is C17H24N4OS. The van der Waals surface area contributed by atoms with Crippen molar-refractivity contribution in [2.75, 3.05) is 18.0 Å². The van der Waals surface area contributed by atoms with Crippen molar-refractivity contribution >= 4 is 33.3 Å². The van der Waals surface area contributed by atoms with Crippen molar-refractivity contribution in [3.8, 4) is 0 Å². The fourth-order valence-electron chi connectivity index (χ4n) is 2.96. The Kier molecular flexibility index (Phi) is 4.27. The summed E-state index contributed by atoms with van der Waals surface area (Å²) < 4.78 is 0. The average molecular weight is 332 g/mol. The number of carbonyl (C=O) groups excluding carboxylic acids is 1. The molecule has 2 aromatic rings. The van der Waals surface area contributed by atoms with Crippen molar-refractivity contribution in [1.82, 2.24) is 15.3 Å². The lowest BCUT2D eigenvalue weighted by molar-refractivity contribution is -0.125. The van der Waals surface area contributed by atoms with E-state index < -0.39 is 0 Å². The third kappa shape index (κ3) is 3.47. The highest BCUT2D eigenvalue weighted by atomic mass is 32.1. The molecule has 0 aliphatic carbocycles. The van der Waals surface area contributed by atoms with E-state index in [1.165, 1.54) is 4.88 Å². The van der Waals surface area contributed by atoms with Gasteiger partial charge in [0.1, 0.15) is 17.0 Å². The number of aromatic nitrogens is 2. The van der Waals surface area contributed by atoms with Gasteiger partial charge in [-0.05, 0) is 39.7 Å². The zero-order valence-electron chi connectivity index (χ0n) is 14.2. The van der Waals surface area contributed by atoms with Crippen LogP contribution < -0.4 is 10.2 Å². The molecule has 1 amide bonds. The maximum absolute atomic E-state index is 12.4. The molecule has 0 radical (unpaired) electrons. The summed E-state index contributed by atoms with van der Waals surface area (Å²) in [4.78, 5) is 25.8. The van der Waals surface area contributed by atoms with E-state index in [2.05, 4.69) is 33.2 Å². The molecule has 0 bridgehead atoms. The van der Waals surface area contributed by atoms with Crippen LogP contribution in [0.25, 0.3) is 10.2 Å². The van der Waals surface area contributed by atoms with Gasteiger partial charge in [-0.3, -0.25) is 4.79 Å². The van der Waals surface area contributed by atoms with Crippen LogP contribution in [-0.2, 0) is 11.2 Å². The molecule has 1 aliphatic heterocycles. The molecule has 1 unspecified atom stereocenters. The Hall–Kier alpha value is -1.69. The minimum absolute atomic E-state index is 0.0310. The third-order valence-corrected chi connectivity index (χ3v) is 5.25. The number of carbonyl (C=O) groups is 1. The first kappa shape index (κ1) is 16.2. The second-order valence-electron chi connectivity index (χ2n) is 7.15. The number of anilines is 1. The van der Waals surface area contributed by atoms with E-state index in [9.17, 15) is 4.79 Å². The molecule has 2 aromatic heterocycles. The molecule has 3 heterocycles. The molecular weight excluding hydrogens is 308 g/mol. The van der Waals surface area contributed by atoms with Crippen LogP contribution in [0.3, 0.4) is 0 Å². The van der Waals surface area contributed by atoms with Crippen molar-refractivity contribution in [3.63, 3.8) is 0 Å². The number of fused-ring (bicyclic) bond motifs is 1. The van der Waals surface area contributed by atoms with Crippen LogP contribution in [0.1, 0.15) is 39.0 Å². The Labute approximate surface area is 141 Å². The van der Waals surface area contributed by atoms with Gasteiger partial charge in [0.2, 0.25) is 5.91 Å². The van der Waals surface area contributed by atoms with E-state index in [0.717, 1.165) is 42.0 Å². The summed E-state index contributed by atoms with van der Waals surface area (Å²) >= 11 is 1.73. The summed E-state index contributed by atoms with van der Waals surface area (Å²) in [5.74, 6) is 1.14. The maximum Gasteiger partial charge on any atom is 0.225 e. The number of thiophene rings is 1. The molecule has 3 rings (SSSR count). The number of amides is 1. The normalized spacial score (nSPS) is 18.6. The van der Waals surface area contributed by atoms with E-state index in [4.69, 9.17) is 0 Å². The van der Waals surface area contributed by atoms with Crippen LogP contribution in [0.4, 0.5) is 5.82 Å². The Morgan fingerprint density at radius 3 is 2.91 bits per heavy atom. The van der Waals surface area contributed by atoms with Crippen LogP contribution in [0.15, 0.2) is 12.4 Å². The molecule has 1 fully saturated rings. The summed E-state index contributed by atoms with van der Waals surface area (Å²) in [6.45, 7) is 9.80. The molecule has 5 nitrogen and oxygen atoms in total. The SMILES string of the molecule is CCc1cc2c(N3CCC(C(=O)NC(C)(C)C)C3)ncnc2s1. The van der Waals surface area contributed by atoms with Crippen molar-refractivity contribution in [2.24, 2.45) is 5.92 Å². The fourth-order valence-corrected chi connectivity index (χ4v) is 3.89. The lowest BCUT2D eigenvalue weighted by Gasteiger charge is -2.23. The standard InChI is InChI=1S/C17H24N4OS/c1-5-12-8-13-14(18-10-19-16(13)23-12)21-7-6-11(9-21)15(22)20-17(2,3)4/h8,10-11H,5-7,9H2,1-4H3,(H,20,22). The smallest absolute Gasteiger partial charge is 0.225 e. The van der Waals surface area contributed by atoms with E-state index >= 15 is 0 Å². The lowest BCUT2D eigenvalue weighted by atomic mass is 10.0. The molecule has 0 aromatic carbocycles. The second kappa shape index (κ2) is 6.07. The van der Waals surface area contributed by atoms with Gasteiger partial charge in [0.25, 0.3) is 0 Å². The molecule has 0 saturated carbocycles. The molecule has 1 N–H and O–H groups in total. The van der Waals surface area contributed by atoms with Crippen molar-refractivity contribution in [1.29, 1.82) is 0 Å². The number of hydrogen-bond acceptors (Lipinski definition) is 5. The van der Waals surface area contributed by atoms with Crippen LogP contribution in [0.5, 0.6) is 0 Å². The van der Waals surface area contributed by atoms with Gasteiger partial charge in [-0.15, -0.1) is 11.3 Å². The monoisotopic (exact) mass is 332 g/mol. The topological polar surface area (TPSA) is 58.1 Å². The van der Waals surface area contributed by atoms with E-state index in [-0.39, 0.29) is 17.4 Å². The summed E-state index contributed by atoms with van der Waals surface area (Å²) in [5.41, 5.74) is -0.184. The quantitative estimate of drug-likeness (QED) is 0.939. The number of nitrogens with zero attached hydrogens (tertiary/aromatic N) is 3. The van der Waals surface area contributed by atoms with Crippen LogP contribution in [0, 0.1) is 5.92 Å². The van der Waals surface area contributed by atoms with E-state index in [1.54, 1.807) is 17.7 Å². The van der Waals surface area contributed by atoms with Gasteiger partial charge in [-0.25, -0.2) is 9.97 Å². The van der Waals surface area contributed by atoms with E-state index in [1.807, 2.05) is 20.8 Å². The first-order chi connectivity index (χ1) is 10.9. The number of nitrogens with one attached hydrogen (secondary N) is 1. The Balaban J connectivity index is 1.79. The van der Waals surface area contributed by atoms with Crippen LogP contribution in [-0.4, -0.2) is 34.5 Å². The van der Waals surface area contributed by atoms with Crippen molar-refractivity contribution in [3.05, 3.63) is 17.3 Å². The van der Waals surface area contributed by atoms with Gasteiger partial charge >= 0.3 is 0 Å². The van der Waals surface area contributed by atoms with Gasteiger partial charge in [-0.2, -0.15) is 0 Å². The highest BCUT2D eigenvalue weighted by Crippen LogP contribution is 2.33. The Bertz CT molecular complexity index is 719. The highest BCUT2D eigenvalue weighted by molar-refractivity contribution is 7.18. The summed E-state index contributed by atoms with van der Waals surface area (Å²) in [6.07, 6.45) is 3.52. The molecule has 1 saturated heterocycles. The molecule has 6 heteroatoms. The minimum Gasteiger partial charge on any atom is -0.355 e. The minimum atomic E-state index is -0.184. The van der Waals surface area contributed by atoms with Crippen molar-refractivity contribution in [2.45, 2.75) is 46.1 Å². The van der Waals surface area contributed by atoms with Gasteiger partial charge in [0.15, 0.2) is 0 Å². The molecule has 1 aliphatic rings. The zero-order chi connectivity index (χ0) is 16.6. The number of hydrogen-bond donors (Lipinski definition) is 1. The molecule has 124 valence electrons. The van der Waals surface area contributed by atoms with Crippen LogP contribution >= 0.6 is 11.3 Å². The summed E-state index contributed by atoms with van der Waals surface area (Å²) in [6, 6.07) is 2.19. The predicted octanol–water partition coefficient (Wildman–Crippen LogP) is 2.99. The van der Waals surface area contributed by atoms with Crippen LogP contribution in [0.2, 0.25) is 0 Å². The summed E-state index contributed by atoms with van der Waals surface area (Å²) in [7, 11) is 0. The highest BCUT2D eigenvalue weighted by Gasteiger charge is 2.31. The summed E-state index contributed by atoms with van der Waals surface area (Å²) in [5, 5.41) is 4.20. The molecule has 23 heavy (non-hydrogen) atoms.